The topological polar surface area (TPSA) is 52.1 Å². The van der Waals surface area contributed by atoms with E-state index in [1.807, 2.05) is 12.1 Å². The fourth-order valence-electron chi connectivity index (χ4n) is 6.70. The molecule has 226 valence electrons. The number of nitrogens with zero attached hydrogens (tertiary/aromatic N) is 2. The number of rotatable bonds is 4. The first-order chi connectivity index (χ1) is 22.1. The molecule has 0 saturated heterocycles. The van der Waals surface area contributed by atoms with E-state index >= 15 is 0 Å². The third-order valence-electron chi connectivity index (χ3n) is 9.29. The molecule has 0 aliphatic carbocycles. The summed E-state index contributed by atoms with van der Waals surface area (Å²) in [5, 5.41) is 16.0. The van der Waals surface area contributed by atoms with Gasteiger partial charge in [0, 0.05) is 5.56 Å². The minimum absolute atomic E-state index is 0.0693. The van der Waals surface area contributed by atoms with Gasteiger partial charge in [0.1, 0.15) is 0 Å². The number of aromatic nitrogens is 2. The van der Waals surface area contributed by atoms with Crippen LogP contribution < -0.4 is 0 Å². The lowest BCUT2D eigenvalue weighted by molar-refractivity contribution is 0.523. The third kappa shape index (κ3) is 4.59. The summed E-state index contributed by atoms with van der Waals surface area (Å²) in [4.78, 5) is 0. The minimum Gasteiger partial charge on any atom is -0.459 e. The van der Waals surface area contributed by atoms with Gasteiger partial charge in [0.2, 0.25) is 5.89 Å². The van der Waals surface area contributed by atoms with E-state index in [0.29, 0.717) is 17.5 Å². The van der Waals surface area contributed by atoms with Crippen LogP contribution in [0.5, 0.6) is 0 Å². The minimum atomic E-state index is 0.0693. The lowest BCUT2D eigenvalue weighted by atomic mass is 9.83. The van der Waals surface area contributed by atoms with E-state index in [-0.39, 0.29) is 10.8 Å². The van der Waals surface area contributed by atoms with Crippen molar-refractivity contribution in [1.29, 1.82) is 0 Å². The maximum atomic E-state index is 6.27. The maximum absolute atomic E-state index is 6.27. The Morgan fingerprint density at radius 1 is 0.500 bits per heavy atom. The quantitative estimate of drug-likeness (QED) is 0.189. The fourth-order valence-corrected chi connectivity index (χ4v) is 6.70. The Bertz CT molecular complexity index is 2350. The Balaban J connectivity index is 1.40. The van der Waals surface area contributed by atoms with E-state index in [4.69, 9.17) is 8.83 Å². The molecule has 0 bridgehead atoms. The van der Waals surface area contributed by atoms with E-state index in [2.05, 4.69) is 143 Å². The van der Waals surface area contributed by atoms with Crippen molar-refractivity contribution in [1.82, 2.24) is 10.2 Å². The summed E-state index contributed by atoms with van der Waals surface area (Å²) in [6.45, 7) is 13.5. The lowest BCUT2D eigenvalue weighted by Gasteiger charge is -2.21. The summed E-state index contributed by atoms with van der Waals surface area (Å²) in [6.07, 6.45) is 1.61. The van der Waals surface area contributed by atoms with Crippen molar-refractivity contribution in [3.05, 3.63) is 121 Å². The number of benzene rings is 6. The molecular weight excluding hydrogens is 564 g/mol. The van der Waals surface area contributed by atoms with Gasteiger partial charge in [-0.2, -0.15) is 0 Å². The zero-order chi connectivity index (χ0) is 31.8. The molecule has 4 nitrogen and oxygen atoms in total. The molecule has 0 aliphatic rings. The van der Waals surface area contributed by atoms with Gasteiger partial charge >= 0.3 is 0 Å². The monoisotopic (exact) mass is 600 g/mol. The van der Waals surface area contributed by atoms with Gasteiger partial charge in [0.25, 0.3) is 5.89 Å². The fraction of sp³-hybridized carbons (Fsp3) is 0.190. The molecule has 0 fully saturated rings. The zero-order valence-corrected chi connectivity index (χ0v) is 27.1. The normalized spacial score (nSPS) is 12.6. The van der Waals surface area contributed by atoms with Crippen molar-refractivity contribution in [2.45, 2.75) is 52.4 Å². The highest BCUT2D eigenvalue weighted by molar-refractivity contribution is 6.29. The van der Waals surface area contributed by atoms with Crippen LogP contribution in [0, 0.1) is 0 Å². The van der Waals surface area contributed by atoms with E-state index in [1.165, 1.54) is 49.2 Å². The highest BCUT2D eigenvalue weighted by Gasteiger charge is 2.22. The van der Waals surface area contributed by atoms with Crippen LogP contribution >= 0.6 is 0 Å². The highest BCUT2D eigenvalue weighted by Crippen LogP contribution is 2.46. The van der Waals surface area contributed by atoms with Crippen molar-refractivity contribution >= 4 is 32.3 Å². The van der Waals surface area contributed by atoms with Crippen LogP contribution in [0.15, 0.2) is 118 Å². The molecule has 2 heterocycles. The predicted molar refractivity (Wildman–Crippen MR) is 189 cm³/mol. The molecule has 0 spiro atoms. The van der Waals surface area contributed by atoms with Gasteiger partial charge in [0.05, 0.1) is 6.26 Å². The summed E-state index contributed by atoms with van der Waals surface area (Å²) in [7, 11) is 0. The molecule has 2 aromatic heterocycles. The summed E-state index contributed by atoms with van der Waals surface area (Å²) < 4.78 is 11.8. The molecule has 4 heteroatoms. The molecule has 8 aromatic rings. The highest BCUT2D eigenvalue weighted by atomic mass is 16.4. The molecule has 0 atom stereocenters. The SMILES string of the molecule is CC(C)(C)c1ccc(-c2ccc3ccc4c(-c5ccc(C(C)(C)C)cc5)cc(-c5nnc(-c6ccco6)o5)c5ccc2c3c45)cc1. The number of furan rings is 1. The van der Waals surface area contributed by atoms with Crippen LogP contribution in [0.1, 0.15) is 52.7 Å². The number of hydrogen-bond acceptors (Lipinski definition) is 4. The van der Waals surface area contributed by atoms with Crippen molar-refractivity contribution in [3.63, 3.8) is 0 Å². The van der Waals surface area contributed by atoms with Gasteiger partial charge in [-0.05, 0) is 94.7 Å². The second kappa shape index (κ2) is 10.1. The van der Waals surface area contributed by atoms with Crippen LogP contribution in [0.25, 0.3) is 77.7 Å². The largest absolute Gasteiger partial charge is 0.459 e. The van der Waals surface area contributed by atoms with Gasteiger partial charge in [-0.25, -0.2) is 0 Å². The van der Waals surface area contributed by atoms with Crippen molar-refractivity contribution in [2.24, 2.45) is 0 Å². The zero-order valence-electron chi connectivity index (χ0n) is 27.1. The molecule has 0 aliphatic heterocycles. The van der Waals surface area contributed by atoms with Gasteiger partial charge in [-0.15, -0.1) is 10.2 Å². The number of hydrogen-bond donors (Lipinski definition) is 0. The Morgan fingerprint density at radius 2 is 1.04 bits per heavy atom. The summed E-state index contributed by atoms with van der Waals surface area (Å²) in [5.74, 6) is 1.38. The second-order valence-corrected chi connectivity index (χ2v) is 14.4. The molecular formula is C42H36N2O2. The third-order valence-corrected chi connectivity index (χ3v) is 9.29. The lowest BCUT2D eigenvalue weighted by Crippen LogP contribution is -2.10. The first-order valence-corrected chi connectivity index (χ1v) is 15.9. The van der Waals surface area contributed by atoms with Crippen LogP contribution in [-0.2, 0) is 10.8 Å². The van der Waals surface area contributed by atoms with Crippen molar-refractivity contribution < 1.29 is 8.83 Å². The Kier molecular flexibility index (Phi) is 6.24. The van der Waals surface area contributed by atoms with Crippen LogP contribution in [0.3, 0.4) is 0 Å². The molecule has 0 unspecified atom stereocenters. The first kappa shape index (κ1) is 28.3. The molecule has 0 saturated carbocycles. The average Bonchev–Trinajstić information content (AvgIpc) is 3.76. The van der Waals surface area contributed by atoms with E-state index in [1.54, 1.807) is 6.26 Å². The molecule has 8 rings (SSSR count). The Morgan fingerprint density at radius 3 is 1.65 bits per heavy atom. The van der Waals surface area contributed by atoms with E-state index in [0.717, 1.165) is 22.1 Å². The summed E-state index contributed by atoms with van der Waals surface area (Å²) >= 11 is 0. The Hall–Kier alpha value is -5.22. The first-order valence-electron chi connectivity index (χ1n) is 15.9. The molecule has 0 radical (unpaired) electrons. The predicted octanol–water partition coefficient (Wildman–Crippen LogP) is 11.8. The maximum Gasteiger partial charge on any atom is 0.283 e. The van der Waals surface area contributed by atoms with Gasteiger partial charge in [-0.3, -0.25) is 0 Å². The molecule has 6 aromatic carbocycles. The standard InChI is InChI=1S/C42H36N2O2/c1-41(2,3)28-15-9-25(10-16-28)30-19-13-27-14-20-32-34(26-11-17-29(18-12-26)42(4,5)6)24-35(33-22-21-31(30)37(27)38(32)33)39-43-44-40(46-39)36-8-7-23-45-36/h7-24H,1-6H3. The van der Waals surface area contributed by atoms with Crippen molar-refractivity contribution in [3.8, 4) is 45.4 Å². The summed E-state index contributed by atoms with van der Waals surface area (Å²) in [5.41, 5.74) is 8.43. The van der Waals surface area contributed by atoms with E-state index in [9.17, 15) is 0 Å². The molecule has 46 heavy (non-hydrogen) atoms. The summed E-state index contributed by atoms with van der Waals surface area (Å²) in [6, 6.07) is 37.4. The van der Waals surface area contributed by atoms with Gasteiger partial charge < -0.3 is 8.83 Å². The molecule has 0 amide bonds. The Labute approximate surface area is 269 Å². The van der Waals surface area contributed by atoms with Gasteiger partial charge in [-0.1, -0.05) is 126 Å². The van der Waals surface area contributed by atoms with E-state index < -0.39 is 0 Å². The smallest absolute Gasteiger partial charge is 0.283 e. The molecule has 0 N–H and O–H groups in total. The average molecular weight is 601 g/mol. The van der Waals surface area contributed by atoms with Crippen LogP contribution in [-0.4, -0.2) is 10.2 Å². The van der Waals surface area contributed by atoms with Crippen LogP contribution in [0.2, 0.25) is 0 Å². The van der Waals surface area contributed by atoms with Gasteiger partial charge in [0.15, 0.2) is 5.76 Å². The second-order valence-electron chi connectivity index (χ2n) is 14.4. The van der Waals surface area contributed by atoms with Crippen LogP contribution in [0.4, 0.5) is 0 Å². The van der Waals surface area contributed by atoms with Crippen molar-refractivity contribution in [2.75, 3.05) is 0 Å².